The molecule has 0 aromatic heterocycles. The third-order valence-corrected chi connectivity index (χ3v) is 4.94. The molecule has 0 radical (unpaired) electrons. The second-order valence-electron chi connectivity index (χ2n) is 6.71. The number of carbonyl (C=O) groups excluding carboxylic acids is 1. The molecule has 114 valence electrons. The molecule has 20 heavy (non-hydrogen) atoms. The number of nitrogens with one attached hydrogen (secondary N) is 1. The number of carbonyl (C=O) groups is 1. The zero-order chi connectivity index (χ0) is 13.8. The quantitative estimate of drug-likeness (QED) is 0.862. The maximum absolute atomic E-state index is 12.8. The van der Waals surface area contributed by atoms with E-state index in [-0.39, 0.29) is 0 Å². The van der Waals surface area contributed by atoms with E-state index in [1.807, 2.05) is 0 Å². The summed E-state index contributed by atoms with van der Waals surface area (Å²) in [6, 6.07) is 1.39. The van der Waals surface area contributed by atoms with E-state index in [4.69, 9.17) is 0 Å². The fourth-order valence-electron chi connectivity index (χ4n) is 3.53. The van der Waals surface area contributed by atoms with Crippen LogP contribution in [-0.4, -0.2) is 54.1 Å². The molecule has 2 amide bonds. The molecule has 0 aromatic carbocycles. The minimum atomic E-state index is 0.321. The van der Waals surface area contributed by atoms with Gasteiger partial charge in [-0.25, -0.2) is 4.79 Å². The lowest BCUT2D eigenvalue weighted by Gasteiger charge is -2.34. The van der Waals surface area contributed by atoms with Gasteiger partial charge in [0.1, 0.15) is 0 Å². The minimum Gasteiger partial charge on any atom is -0.325 e. The highest BCUT2D eigenvalue weighted by molar-refractivity contribution is 5.75. The van der Waals surface area contributed by atoms with E-state index in [1.165, 1.54) is 57.8 Å². The highest BCUT2D eigenvalue weighted by Crippen LogP contribution is 2.29. The number of likely N-dealkylation sites (tertiary alicyclic amines) is 1. The molecule has 1 atom stereocenters. The van der Waals surface area contributed by atoms with E-state index >= 15 is 0 Å². The molecule has 2 heterocycles. The highest BCUT2D eigenvalue weighted by Gasteiger charge is 2.36. The van der Waals surface area contributed by atoms with Gasteiger partial charge in [-0.15, -0.1) is 0 Å². The Kier molecular flexibility index (Phi) is 4.81. The summed E-state index contributed by atoms with van der Waals surface area (Å²) in [4.78, 5) is 17.1. The summed E-state index contributed by atoms with van der Waals surface area (Å²) in [5, 5.41) is 3.59. The molecule has 3 fully saturated rings. The lowest BCUT2D eigenvalue weighted by Crippen LogP contribution is -2.51. The Morgan fingerprint density at radius 1 is 1.00 bits per heavy atom. The van der Waals surface area contributed by atoms with Crippen LogP contribution in [0, 0.1) is 0 Å². The molecule has 1 aliphatic carbocycles. The van der Waals surface area contributed by atoms with Crippen LogP contribution < -0.4 is 5.32 Å². The maximum atomic E-state index is 12.8. The third kappa shape index (κ3) is 3.66. The normalized spacial score (nSPS) is 28.0. The predicted molar refractivity (Wildman–Crippen MR) is 80.8 cm³/mol. The Labute approximate surface area is 122 Å². The Hall–Kier alpha value is -0.770. The Morgan fingerprint density at radius 2 is 1.75 bits per heavy atom. The van der Waals surface area contributed by atoms with E-state index < -0.39 is 0 Å². The first-order valence-corrected chi connectivity index (χ1v) is 8.63. The van der Waals surface area contributed by atoms with Gasteiger partial charge < -0.3 is 15.1 Å². The van der Waals surface area contributed by atoms with E-state index in [9.17, 15) is 4.79 Å². The monoisotopic (exact) mass is 279 g/mol. The van der Waals surface area contributed by atoms with Crippen LogP contribution in [0.1, 0.15) is 57.8 Å². The van der Waals surface area contributed by atoms with Crippen molar-refractivity contribution in [1.29, 1.82) is 0 Å². The third-order valence-electron chi connectivity index (χ3n) is 4.94. The van der Waals surface area contributed by atoms with Crippen molar-refractivity contribution in [1.82, 2.24) is 15.1 Å². The first-order chi connectivity index (χ1) is 9.84. The van der Waals surface area contributed by atoms with Crippen molar-refractivity contribution in [2.75, 3.05) is 26.2 Å². The van der Waals surface area contributed by atoms with Crippen LogP contribution in [0.25, 0.3) is 0 Å². The van der Waals surface area contributed by atoms with Crippen molar-refractivity contribution in [3.8, 4) is 0 Å². The number of urea groups is 1. The predicted octanol–water partition coefficient (Wildman–Crippen LogP) is 2.59. The number of piperidine rings is 1. The van der Waals surface area contributed by atoms with Crippen LogP contribution in [0.4, 0.5) is 4.79 Å². The summed E-state index contributed by atoms with van der Waals surface area (Å²) in [6.07, 6.45) is 11.2. The molecule has 0 bridgehead atoms. The van der Waals surface area contributed by atoms with Crippen molar-refractivity contribution in [2.24, 2.45) is 0 Å². The van der Waals surface area contributed by atoms with Crippen LogP contribution in [0.5, 0.6) is 0 Å². The molecule has 1 N–H and O–H groups in total. The van der Waals surface area contributed by atoms with Crippen molar-refractivity contribution < 1.29 is 4.79 Å². The Bertz CT molecular complexity index is 316. The lowest BCUT2D eigenvalue weighted by molar-refractivity contribution is 0.143. The van der Waals surface area contributed by atoms with Gasteiger partial charge in [-0.2, -0.15) is 0 Å². The van der Waals surface area contributed by atoms with Crippen LogP contribution in [0.2, 0.25) is 0 Å². The summed E-state index contributed by atoms with van der Waals surface area (Å²) in [5.74, 6) is 0. The average Bonchev–Trinajstić information content (AvgIpc) is 3.31. The molecule has 0 aromatic rings. The van der Waals surface area contributed by atoms with Crippen LogP contribution in [-0.2, 0) is 0 Å². The van der Waals surface area contributed by atoms with Crippen molar-refractivity contribution in [3.63, 3.8) is 0 Å². The number of nitrogens with zero attached hydrogens (tertiary/aromatic N) is 2. The number of hydrogen-bond acceptors (Lipinski definition) is 2. The van der Waals surface area contributed by atoms with Gasteiger partial charge >= 0.3 is 6.03 Å². The van der Waals surface area contributed by atoms with Gasteiger partial charge in [0.2, 0.25) is 0 Å². The highest BCUT2D eigenvalue weighted by atomic mass is 16.2. The fourth-order valence-corrected chi connectivity index (χ4v) is 3.53. The SMILES string of the molecule is O=C(N1CCCCCC1)N(CC1CCCCN1)C1CC1. The topological polar surface area (TPSA) is 35.6 Å². The summed E-state index contributed by atoms with van der Waals surface area (Å²) in [6.45, 7) is 4.00. The molecule has 4 nitrogen and oxygen atoms in total. The molecule has 2 aliphatic heterocycles. The lowest BCUT2D eigenvalue weighted by atomic mass is 10.0. The number of hydrogen-bond donors (Lipinski definition) is 1. The molecule has 3 rings (SSSR count). The number of amides is 2. The van der Waals surface area contributed by atoms with E-state index in [2.05, 4.69) is 15.1 Å². The standard InChI is InChI=1S/C16H29N3O/c20-16(18-11-5-1-2-6-12-18)19(15-8-9-15)13-14-7-3-4-10-17-14/h14-15,17H,1-13H2. The zero-order valence-corrected chi connectivity index (χ0v) is 12.6. The molecule has 3 aliphatic rings. The van der Waals surface area contributed by atoms with Crippen molar-refractivity contribution >= 4 is 6.03 Å². The second-order valence-corrected chi connectivity index (χ2v) is 6.71. The summed E-state index contributed by atoms with van der Waals surface area (Å²) >= 11 is 0. The fraction of sp³-hybridized carbons (Fsp3) is 0.938. The molecular formula is C16H29N3O. The molecule has 0 spiro atoms. The van der Waals surface area contributed by atoms with Gasteiger partial charge in [0.05, 0.1) is 0 Å². The number of rotatable bonds is 3. The summed E-state index contributed by atoms with van der Waals surface area (Å²) in [7, 11) is 0. The Balaban J connectivity index is 1.58. The summed E-state index contributed by atoms with van der Waals surface area (Å²) < 4.78 is 0. The second kappa shape index (κ2) is 6.79. The van der Waals surface area contributed by atoms with Crippen LogP contribution in [0.3, 0.4) is 0 Å². The van der Waals surface area contributed by atoms with Crippen molar-refractivity contribution in [2.45, 2.75) is 69.9 Å². The molecular weight excluding hydrogens is 250 g/mol. The Morgan fingerprint density at radius 3 is 2.35 bits per heavy atom. The van der Waals surface area contributed by atoms with Crippen LogP contribution in [0.15, 0.2) is 0 Å². The molecule has 2 saturated heterocycles. The van der Waals surface area contributed by atoms with Gasteiger partial charge in [0.25, 0.3) is 0 Å². The average molecular weight is 279 g/mol. The van der Waals surface area contributed by atoms with Crippen molar-refractivity contribution in [3.05, 3.63) is 0 Å². The van der Waals surface area contributed by atoms with E-state index in [0.29, 0.717) is 18.1 Å². The van der Waals surface area contributed by atoms with Crippen LogP contribution >= 0.6 is 0 Å². The van der Waals surface area contributed by atoms with E-state index in [1.54, 1.807) is 0 Å². The van der Waals surface area contributed by atoms with Gasteiger partial charge in [-0.05, 0) is 45.1 Å². The van der Waals surface area contributed by atoms with Gasteiger partial charge in [0, 0.05) is 31.7 Å². The maximum Gasteiger partial charge on any atom is 0.320 e. The largest absolute Gasteiger partial charge is 0.325 e. The van der Waals surface area contributed by atoms with Gasteiger partial charge in [-0.3, -0.25) is 0 Å². The smallest absolute Gasteiger partial charge is 0.320 e. The minimum absolute atomic E-state index is 0.321. The molecule has 4 heteroatoms. The first-order valence-electron chi connectivity index (χ1n) is 8.63. The van der Waals surface area contributed by atoms with Gasteiger partial charge in [-0.1, -0.05) is 19.3 Å². The van der Waals surface area contributed by atoms with Gasteiger partial charge in [0.15, 0.2) is 0 Å². The zero-order valence-electron chi connectivity index (χ0n) is 12.6. The first kappa shape index (κ1) is 14.2. The summed E-state index contributed by atoms with van der Waals surface area (Å²) in [5.41, 5.74) is 0. The molecule has 1 unspecified atom stereocenters. The van der Waals surface area contributed by atoms with E-state index in [0.717, 1.165) is 26.2 Å². The molecule has 1 saturated carbocycles.